The van der Waals surface area contributed by atoms with E-state index in [1.165, 1.54) is 0 Å². The lowest BCUT2D eigenvalue weighted by Crippen LogP contribution is -2.39. The average Bonchev–Trinajstić information content (AvgIpc) is 2.30. The van der Waals surface area contributed by atoms with Gasteiger partial charge in [-0.1, -0.05) is 6.92 Å². The van der Waals surface area contributed by atoms with E-state index in [0.717, 1.165) is 58.7 Å². The van der Waals surface area contributed by atoms with Gasteiger partial charge in [0.25, 0.3) is 0 Å². The Hall–Kier alpha value is 0.230. The third kappa shape index (κ3) is 7.29. The molecule has 0 amide bonds. The molecule has 0 N–H and O–H groups in total. The maximum atomic E-state index is 5.86. The van der Waals surface area contributed by atoms with Crippen LogP contribution in [0.5, 0.6) is 0 Å². The second-order valence-corrected chi connectivity index (χ2v) is 5.65. The summed E-state index contributed by atoms with van der Waals surface area (Å²) in [5, 5.41) is 0.471. The monoisotopic (exact) mass is 261 g/mol. The zero-order valence-corrected chi connectivity index (χ0v) is 12.1. The van der Waals surface area contributed by atoms with Crippen molar-refractivity contribution in [1.82, 2.24) is 4.90 Å². The highest BCUT2D eigenvalue weighted by molar-refractivity contribution is 7.80. The third-order valence-corrected chi connectivity index (χ3v) is 3.21. The molecular formula is C13H27NO2S. The minimum atomic E-state index is 0.461. The minimum absolute atomic E-state index is 0.461. The molecule has 1 heterocycles. The van der Waals surface area contributed by atoms with Gasteiger partial charge >= 0.3 is 0 Å². The highest BCUT2D eigenvalue weighted by Crippen LogP contribution is 2.14. The van der Waals surface area contributed by atoms with Gasteiger partial charge in [-0.15, -0.1) is 0 Å². The standard InChI is InChI=1S/C13H27NO2S/c1-3-15-9-4-10-16-13-5-7-14(8-6-13)11-12(2)17/h12-13,17H,3-11H2,1-2H3. The van der Waals surface area contributed by atoms with E-state index in [-0.39, 0.29) is 0 Å². The maximum Gasteiger partial charge on any atom is 0.0599 e. The fourth-order valence-electron chi connectivity index (χ4n) is 2.19. The minimum Gasteiger partial charge on any atom is -0.382 e. The molecule has 4 heteroatoms. The summed E-state index contributed by atoms with van der Waals surface area (Å²) in [5.41, 5.74) is 0. The molecule has 1 atom stereocenters. The molecule has 102 valence electrons. The lowest BCUT2D eigenvalue weighted by Gasteiger charge is -2.32. The van der Waals surface area contributed by atoms with Gasteiger partial charge in [0, 0.05) is 44.7 Å². The summed E-state index contributed by atoms with van der Waals surface area (Å²) in [5.74, 6) is 0. The van der Waals surface area contributed by atoms with Gasteiger partial charge in [0.15, 0.2) is 0 Å². The van der Waals surface area contributed by atoms with Gasteiger partial charge in [0.05, 0.1) is 6.10 Å². The van der Waals surface area contributed by atoms with E-state index in [1.807, 2.05) is 6.92 Å². The fraction of sp³-hybridized carbons (Fsp3) is 1.00. The molecule has 1 aliphatic rings. The molecule has 0 radical (unpaired) electrons. The van der Waals surface area contributed by atoms with Gasteiger partial charge in [-0.05, 0) is 26.2 Å². The Morgan fingerprint density at radius 3 is 2.59 bits per heavy atom. The number of rotatable bonds is 8. The van der Waals surface area contributed by atoms with E-state index < -0.39 is 0 Å². The Balaban J connectivity index is 1.99. The van der Waals surface area contributed by atoms with Crippen LogP contribution in [0.1, 0.15) is 33.1 Å². The smallest absolute Gasteiger partial charge is 0.0599 e. The molecule has 0 bridgehead atoms. The van der Waals surface area contributed by atoms with Crippen LogP contribution in [0, 0.1) is 0 Å². The largest absolute Gasteiger partial charge is 0.382 e. The van der Waals surface area contributed by atoms with Crippen LogP contribution < -0.4 is 0 Å². The molecular weight excluding hydrogens is 234 g/mol. The topological polar surface area (TPSA) is 21.7 Å². The maximum absolute atomic E-state index is 5.86. The molecule has 0 aromatic rings. The van der Waals surface area contributed by atoms with Gasteiger partial charge in [-0.3, -0.25) is 0 Å². The van der Waals surface area contributed by atoms with Crippen molar-refractivity contribution in [2.24, 2.45) is 0 Å². The third-order valence-electron chi connectivity index (χ3n) is 3.05. The lowest BCUT2D eigenvalue weighted by molar-refractivity contribution is -0.00175. The van der Waals surface area contributed by atoms with Gasteiger partial charge in [-0.25, -0.2) is 0 Å². The van der Waals surface area contributed by atoms with Crippen molar-refractivity contribution in [3.05, 3.63) is 0 Å². The van der Waals surface area contributed by atoms with Crippen molar-refractivity contribution in [3.63, 3.8) is 0 Å². The molecule has 1 unspecified atom stereocenters. The van der Waals surface area contributed by atoms with Crippen LogP contribution >= 0.6 is 12.6 Å². The molecule has 0 saturated carbocycles. The summed E-state index contributed by atoms with van der Waals surface area (Å²) in [7, 11) is 0. The number of ether oxygens (including phenoxy) is 2. The molecule has 3 nitrogen and oxygen atoms in total. The molecule has 17 heavy (non-hydrogen) atoms. The summed E-state index contributed by atoms with van der Waals surface area (Å²) < 4.78 is 11.1. The van der Waals surface area contributed by atoms with Crippen LogP contribution in [0.3, 0.4) is 0 Å². The molecule has 1 aliphatic heterocycles. The first-order chi connectivity index (χ1) is 8.22. The molecule has 0 aliphatic carbocycles. The van der Waals surface area contributed by atoms with E-state index in [4.69, 9.17) is 9.47 Å². The SMILES string of the molecule is CCOCCCOC1CCN(CC(C)S)CC1. The van der Waals surface area contributed by atoms with E-state index in [9.17, 15) is 0 Å². The summed E-state index contributed by atoms with van der Waals surface area (Å²) in [6.45, 7) is 10.1. The summed E-state index contributed by atoms with van der Waals surface area (Å²) in [4.78, 5) is 2.48. The second-order valence-electron chi connectivity index (χ2n) is 4.77. The zero-order chi connectivity index (χ0) is 12.5. The Morgan fingerprint density at radius 1 is 1.29 bits per heavy atom. The number of nitrogens with zero attached hydrogens (tertiary/aromatic N) is 1. The fourth-order valence-corrected chi connectivity index (χ4v) is 2.42. The van der Waals surface area contributed by atoms with Crippen molar-refractivity contribution < 1.29 is 9.47 Å². The summed E-state index contributed by atoms with van der Waals surface area (Å²) in [6, 6.07) is 0. The van der Waals surface area contributed by atoms with Gasteiger partial charge in [0.1, 0.15) is 0 Å². The van der Waals surface area contributed by atoms with E-state index in [0.29, 0.717) is 11.4 Å². The Kier molecular flexibility index (Phi) is 8.27. The lowest BCUT2D eigenvalue weighted by atomic mass is 10.1. The van der Waals surface area contributed by atoms with Gasteiger partial charge < -0.3 is 14.4 Å². The highest BCUT2D eigenvalue weighted by atomic mass is 32.1. The predicted octanol–water partition coefficient (Wildman–Crippen LogP) is 2.21. The number of piperidine rings is 1. The van der Waals surface area contributed by atoms with Gasteiger partial charge in [-0.2, -0.15) is 12.6 Å². The van der Waals surface area contributed by atoms with Crippen molar-refractivity contribution in [2.75, 3.05) is 39.5 Å². The zero-order valence-electron chi connectivity index (χ0n) is 11.2. The first kappa shape index (κ1) is 15.3. The summed E-state index contributed by atoms with van der Waals surface area (Å²) in [6.07, 6.45) is 3.80. The number of thiol groups is 1. The Labute approximate surface area is 111 Å². The molecule has 0 aromatic carbocycles. The Morgan fingerprint density at radius 2 is 2.00 bits per heavy atom. The quantitative estimate of drug-likeness (QED) is 0.535. The first-order valence-electron chi connectivity index (χ1n) is 6.82. The van der Waals surface area contributed by atoms with Crippen molar-refractivity contribution in [1.29, 1.82) is 0 Å². The Bertz CT molecular complexity index is 182. The van der Waals surface area contributed by atoms with Crippen molar-refractivity contribution in [2.45, 2.75) is 44.5 Å². The van der Waals surface area contributed by atoms with E-state index >= 15 is 0 Å². The number of likely N-dealkylation sites (tertiary alicyclic amines) is 1. The normalized spacial score (nSPS) is 20.6. The highest BCUT2D eigenvalue weighted by Gasteiger charge is 2.19. The van der Waals surface area contributed by atoms with Crippen LogP contribution in [0.2, 0.25) is 0 Å². The second kappa shape index (κ2) is 9.20. The van der Waals surface area contributed by atoms with Crippen molar-refractivity contribution >= 4 is 12.6 Å². The van der Waals surface area contributed by atoms with Gasteiger partial charge in [0.2, 0.25) is 0 Å². The average molecular weight is 261 g/mol. The van der Waals surface area contributed by atoms with Crippen LogP contribution in [-0.4, -0.2) is 55.7 Å². The van der Waals surface area contributed by atoms with Crippen LogP contribution in [0.15, 0.2) is 0 Å². The molecule has 1 fully saturated rings. The van der Waals surface area contributed by atoms with Crippen LogP contribution in [0.4, 0.5) is 0 Å². The van der Waals surface area contributed by atoms with Crippen LogP contribution in [-0.2, 0) is 9.47 Å². The number of hydrogen-bond acceptors (Lipinski definition) is 4. The molecule has 0 spiro atoms. The van der Waals surface area contributed by atoms with E-state index in [2.05, 4.69) is 24.5 Å². The summed E-state index contributed by atoms with van der Waals surface area (Å²) >= 11 is 4.43. The first-order valence-corrected chi connectivity index (χ1v) is 7.33. The molecule has 1 rings (SSSR count). The number of hydrogen-bond donors (Lipinski definition) is 1. The van der Waals surface area contributed by atoms with Crippen LogP contribution in [0.25, 0.3) is 0 Å². The molecule has 0 aromatic heterocycles. The predicted molar refractivity (Wildman–Crippen MR) is 75.0 cm³/mol. The van der Waals surface area contributed by atoms with Crippen molar-refractivity contribution in [3.8, 4) is 0 Å². The molecule has 1 saturated heterocycles. The van der Waals surface area contributed by atoms with E-state index in [1.54, 1.807) is 0 Å².